The topological polar surface area (TPSA) is 107 Å². The maximum atomic E-state index is 13.2. The van der Waals surface area contributed by atoms with Crippen LogP contribution in [0.4, 0.5) is 11.4 Å². The first-order valence-corrected chi connectivity index (χ1v) is 12.2. The first-order chi connectivity index (χ1) is 16.0. The van der Waals surface area contributed by atoms with Crippen LogP contribution in [0.3, 0.4) is 0 Å². The van der Waals surface area contributed by atoms with Crippen LogP contribution in [0.2, 0.25) is 0 Å². The van der Waals surface area contributed by atoms with E-state index in [1.807, 2.05) is 0 Å². The number of hydrogen-bond donors (Lipinski definition) is 1. The summed E-state index contributed by atoms with van der Waals surface area (Å²) in [5.74, 6) is 0.711. The number of morpholine rings is 2. The molecule has 0 saturated carbocycles. The lowest BCUT2D eigenvalue weighted by Gasteiger charge is -2.31. The number of rotatable bonds is 5. The van der Waals surface area contributed by atoms with Crippen LogP contribution in [0.1, 0.15) is 10.4 Å². The summed E-state index contributed by atoms with van der Waals surface area (Å²) in [4.78, 5) is 15.3. The minimum Gasteiger partial charge on any atom is -0.454 e. The van der Waals surface area contributed by atoms with Crippen molar-refractivity contribution in [2.24, 2.45) is 0 Å². The van der Waals surface area contributed by atoms with E-state index in [1.165, 1.54) is 10.4 Å². The second-order valence-corrected chi connectivity index (χ2v) is 9.75. The molecule has 33 heavy (non-hydrogen) atoms. The van der Waals surface area contributed by atoms with Crippen LogP contribution in [0.5, 0.6) is 11.5 Å². The minimum absolute atomic E-state index is 0.114. The second-order valence-electron chi connectivity index (χ2n) is 7.82. The van der Waals surface area contributed by atoms with Crippen molar-refractivity contribution in [1.82, 2.24) is 4.31 Å². The second kappa shape index (κ2) is 9.18. The number of benzene rings is 2. The molecular formula is C22H25N3O7S. The minimum atomic E-state index is -3.72. The van der Waals surface area contributed by atoms with Crippen LogP contribution in [0, 0.1) is 0 Å². The molecule has 0 spiro atoms. The Kier molecular flexibility index (Phi) is 6.11. The van der Waals surface area contributed by atoms with E-state index in [0.717, 1.165) is 5.69 Å². The number of fused-ring (bicyclic) bond motifs is 1. The molecule has 0 atom stereocenters. The van der Waals surface area contributed by atoms with Gasteiger partial charge in [0.1, 0.15) is 0 Å². The smallest absolute Gasteiger partial charge is 0.255 e. The number of amides is 1. The van der Waals surface area contributed by atoms with Gasteiger partial charge in [0.05, 0.1) is 42.7 Å². The van der Waals surface area contributed by atoms with Crippen LogP contribution >= 0.6 is 0 Å². The summed E-state index contributed by atoms with van der Waals surface area (Å²) in [6.07, 6.45) is 0. The third-order valence-corrected chi connectivity index (χ3v) is 7.71. The van der Waals surface area contributed by atoms with E-state index in [2.05, 4.69) is 10.2 Å². The number of anilines is 2. The molecule has 5 rings (SSSR count). The largest absolute Gasteiger partial charge is 0.454 e. The van der Waals surface area contributed by atoms with Gasteiger partial charge in [0.2, 0.25) is 16.8 Å². The summed E-state index contributed by atoms with van der Waals surface area (Å²) in [5, 5.41) is 2.91. The quantitative estimate of drug-likeness (QED) is 0.694. The summed E-state index contributed by atoms with van der Waals surface area (Å²) in [6.45, 7) is 3.83. The zero-order valence-corrected chi connectivity index (χ0v) is 18.8. The Morgan fingerprint density at radius 2 is 1.55 bits per heavy atom. The third kappa shape index (κ3) is 4.49. The van der Waals surface area contributed by atoms with E-state index in [4.69, 9.17) is 18.9 Å². The average molecular weight is 476 g/mol. The number of carbonyl (C=O) groups excluding carboxylic acids is 1. The van der Waals surface area contributed by atoms with Crippen LogP contribution in [-0.2, 0) is 19.5 Å². The normalized spacial score (nSPS) is 18.8. The monoisotopic (exact) mass is 475 g/mol. The number of nitrogens with zero attached hydrogens (tertiary/aromatic N) is 2. The molecule has 0 bridgehead atoms. The van der Waals surface area contributed by atoms with Gasteiger partial charge in [0, 0.05) is 31.7 Å². The molecule has 0 aliphatic carbocycles. The Morgan fingerprint density at radius 1 is 0.848 bits per heavy atom. The lowest BCUT2D eigenvalue weighted by molar-refractivity contribution is 0.0730. The van der Waals surface area contributed by atoms with E-state index in [1.54, 1.807) is 30.3 Å². The van der Waals surface area contributed by atoms with Crippen molar-refractivity contribution in [3.8, 4) is 11.5 Å². The zero-order valence-electron chi connectivity index (χ0n) is 18.0. The number of ether oxygens (including phenoxy) is 4. The molecule has 3 heterocycles. The van der Waals surface area contributed by atoms with E-state index in [-0.39, 0.29) is 17.6 Å². The number of nitrogens with one attached hydrogen (secondary N) is 1. The molecule has 176 valence electrons. The predicted octanol–water partition coefficient (Wildman–Crippen LogP) is 1.53. The van der Waals surface area contributed by atoms with E-state index < -0.39 is 10.0 Å². The lowest BCUT2D eigenvalue weighted by Crippen LogP contribution is -2.40. The van der Waals surface area contributed by atoms with Crippen molar-refractivity contribution in [3.63, 3.8) is 0 Å². The van der Waals surface area contributed by atoms with Crippen molar-refractivity contribution < 1.29 is 32.2 Å². The molecule has 10 nitrogen and oxygen atoms in total. The highest BCUT2D eigenvalue weighted by molar-refractivity contribution is 7.89. The highest BCUT2D eigenvalue weighted by Crippen LogP contribution is 2.34. The highest BCUT2D eigenvalue weighted by atomic mass is 32.2. The third-order valence-electron chi connectivity index (χ3n) is 5.81. The Balaban J connectivity index is 1.47. The summed E-state index contributed by atoms with van der Waals surface area (Å²) < 4.78 is 49.2. The van der Waals surface area contributed by atoms with Gasteiger partial charge >= 0.3 is 0 Å². The number of sulfonamides is 1. The molecular weight excluding hydrogens is 450 g/mol. The van der Waals surface area contributed by atoms with Crippen LogP contribution in [-0.4, -0.2) is 78.0 Å². The fourth-order valence-corrected chi connectivity index (χ4v) is 5.46. The summed E-state index contributed by atoms with van der Waals surface area (Å²) in [6, 6.07) is 9.80. The van der Waals surface area contributed by atoms with Gasteiger partial charge in [-0.2, -0.15) is 4.31 Å². The average Bonchev–Trinajstić information content (AvgIpc) is 3.33. The molecule has 11 heteroatoms. The molecule has 3 aliphatic rings. The predicted molar refractivity (Wildman–Crippen MR) is 120 cm³/mol. The Morgan fingerprint density at radius 3 is 2.30 bits per heavy atom. The van der Waals surface area contributed by atoms with E-state index in [0.29, 0.717) is 75.4 Å². The van der Waals surface area contributed by atoms with Gasteiger partial charge < -0.3 is 29.2 Å². The van der Waals surface area contributed by atoms with E-state index in [9.17, 15) is 13.2 Å². The van der Waals surface area contributed by atoms with Crippen molar-refractivity contribution in [1.29, 1.82) is 0 Å². The fraction of sp³-hybridized carbons (Fsp3) is 0.409. The molecule has 0 radical (unpaired) electrons. The zero-order chi connectivity index (χ0) is 22.8. The first kappa shape index (κ1) is 22.0. The Hall–Kier alpha value is -2.86. The highest BCUT2D eigenvalue weighted by Gasteiger charge is 2.28. The van der Waals surface area contributed by atoms with Crippen LogP contribution in [0.15, 0.2) is 41.3 Å². The SMILES string of the molecule is O=C(Nc1cc(S(=O)(=O)N2CCOCC2)ccc1N1CCOCC1)c1ccc2c(c1)OCO2. The molecule has 2 aromatic rings. The van der Waals surface area contributed by atoms with Crippen molar-refractivity contribution in [2.45, 2.75) is 4.90 Å². The van der Waals surface area contributed by atoms with Gasteiger partial charge in [-0.3, -0.25) is 4.79 Å². The van der Waals surface area contributed by atoms with Gasteiger partial charge in [0.25, 0.3) is 5.91 Å². The summed E-state index contributed by atoms with van der Waals surface area (Å²) >= 11 is 0. The Labute approximate surface area is 192 Å². The van der Waals surface area contributed by atoms with Gasteiger partial charge in [-0.15, -0.1) is 0 Å². The molecule has 1 N–H and O–H groups in total. The van der Waals surface area contributed by atoms with Crippen molar-refractivity contribution in [2.75, 3.05) is 69.6 Å². The van der Waals surface area contributed by atoms with Crippen LogP contribution in [0.25, 0.3) is 0 Å². The molecule has 2 fully saturated rings. The van der Waals surface area contributed by atoms with Gasteiger partial charge in [-0.05, 0) is 36.4 Å². The molecule has 3 aliphatic heterocycles. The molecule has 1 amide bonds. The number of carbonyl (C=O) groups is 1. The van der Waals surface area contributed by atoms with Crippen molar-refractivity contribution >= 4 is 27.3 Å². The summed E-state index contributed by atoms with van der Waals surface area (Å²) in [5.41, 5.74) is 1.55. The van der Waals surface area contributed by atoms with Crippen LogP contribution < -0.4 is 19.7 Å². The van der Waals surface area contributed by atoms with Gasteiger partial charge in [-0.25, -0.2) is 8.42 Å². The first-order valence-electron chi connectivity index (χ1n) is 10.8. The van der Waals surface area contributed by atoms with E-state index >= 15 is 0 Å². The molecule has 0 aromatic heterocycles. The maximum absolute atomic E-state index is 13.2. The molecule has 0 unspecified atom stereocenters. The van der Waals surface area contributed by atoms with Gasteiger partial charge in [-0.1, -0.05) is 0 Å². The number of hydrogen-bond acceptors (Lipinski definition) is 8. The summed E-state index contributed by atoms with van der Waals surface area (Å²) in [7, 11) is -3.72. The standard InChI is InChI=1S/C22H25N3O7S/c26-22(16-1-4-20-21(13-16)32-15-31-20)23-18-14-17(33(27,28)25-7-11-30-12-8-25)2-3-19(18)24-5-9-29-10-6-24/h1-4,13-14H,5-12,15H2,(H,23,26). The fourth-order valence-electron chi connectivity index (χ4n) is 4.02. The molecule has 2 aromatic carbocycles. The molecule has 2 saturated heterocycles. The lowest BCUT2D eigenvalue weighted by atomic mass is 10.1. The maximum Gasteiger partial charge on any atom is 0.255 e. The Bertz CT molecular complexity index is 1140. The van der Waals surface area contributed by atoms with Crippen molar-refractivity contribution in [3.05, 3.63) is 42.0 Å². The van der Waals surface area contributed by atoms with Gasteiger partial charge in [0.15, 0.2) is 11.5 Å².